The Morgan fingerprint density at radius 1 is 1.13 bits per heavy atom. The molecule has 2 aromatic rings. The molecule has 4 nitrogen and oxygen atoms in total. The van der Waals surface area contributed by atoms with Gasteiger partial charge in [-0.3, -0.25) is 4.79 Å². The van der Waals surface area contributed by atoms with E-state index in [0.717, 1.165) is 24.1 Å². The summed E-state index contributed by atoms with van der Waals surface area (Å²) in [6, 6.07) is 15.2. The summed E-state index contributed by atoms with van der Waals surface area (Å²) in [4.78, 5) is 11.8. The lowest BCUT2D eigenvalue weighted by molar-refractivity contribution is -0.123. The number of halogens is 1. The highest BCUT2D eigenvalue weighted by molar-refractivity contribution is 6.01. The molecular formula is C18H19FN2O2. The van der Waals surface area contributed by atoms with Gasteiger partial charge in [0.25, 0.3) is 5.91 Å². The van der Waals surface area contributed by atoms with Gasteiger partial charge in [0.1, 0.15) is 11.6 Å². The number of ether oxygens (including phenoxy) is 1. The quantitative estimate of drug-likeness (QED) is 0.628. The van der Waals surface area contributed by atoms with E-state index in [1.54, 1.807) is 0 Å². The second-order valence-electron chi connectivity index (χ2n) is 4.95. The summed E-state index contributed by atoms with van der Waals surface area (Å²) in [7, 11) is 0. The van der Waals surface area contributed by atoms with Gasteiger partial charge in [0.15, 0.2) is 6.61 Å². The molecule has 0 saturated carbocycles. The highest BCUT2D eigenvalue weighted by atomic mass is 19.1. The van der Waals surface area contributed by atoms with E-state index >= 15 is 0 Å². The molecule has 120 valence electrons. The van der Waals surface area contributed by atoms with Gasteiger partial charge >= 0.3 is 0 Å². The SMILES string of the molecule is CCC/C(=N/NC(=O)COc1ccc(F)cc1)c1ccccc1. The number of nitrogens with zero attached hydrogens (tertiary/aromatic N) is 1. The zero-order chi connectivity index (χ0) is 16.5. The van der Waals surface area contributed by atoms with Crippen LogP contribution in [0.3, 0.4) is 0 Å². The summed E-state index contributed by atoms with van der Waals surface area (Å²) in [6.07, 6.45) is 1.69. The first-order chi connectivity index (χ1) is 11.2. The average molecular weight is 314 g/mol. The Morgan fingerprint density at radius 2 is 1.83 bits per heavy atom. The standard InChI is InChI=1S/C18H19FN2O2/c1-2-6-17(14-7-4-3-5-8-14)20-21-18(22)13-23-16-11-9-15(19)10-12-16/h3-5,7-12H,2,6,13H2,1H3,(H,21,22)/b20-17-. The van der Waals surface area contributed by atoms with Crippen molar-refractivity contribution in [3.05, 3.63) is 66.0 Å². The molecule has 0 bridgehead atoms. The number of carbonyl (C=O) groups is 1. The molecule has 2 aromatic carbocycles. The minimum absolute atomic E-state index is 0.177. The number of rotatable bonds is 7. The topological polar surface area (TPSA) is 50.7 Å². The van der Waals surface area contributed by atoms with Crippen LogP contribution >= 0.6 is 0 Å². The lowest BCUT2D eigenvalue weighted by atomic mass is 10.1. The Labute approximate surface area is 135 Å². The van der Waals surface area contributed by atoms with Crippen molar-refractivity contribution in [1.29, 1.82) is 0 Å². The minimum atomic E-state index is -0.362. The monoisotopic (exact) mass is 314 g/mol. The Kier molecular flexibility index (Phi) is 6.29. The van der Waals surface area contributed by atoms with Crippen molar-refractivity contribution in [2.45, 2.75) is 19.8 Å². The zero-order valence-electron chi connectivity index (χ0n) is 13.0. The first-order valence-electron chi connectivity index (χ1n) is 7.48. The van der Waals surface area contributed by atoms with E-state index in [1.165, 1.54) is 24.3 Å². The molecule has 1 amide bonds. The molecule has 0 unspecified atom stereocenters. The predicted octanol–water partition coefficient (Wildman–Crippen LogP) is 3.53. The largest absolute Gasteiger partial charge is 0.484 e. The minimum Gasteiger partial charge on any atom is -0.484 e. The van der Waals surface area contributed by atoms with Crippen LogP contribution in [0.1, 0.15) is 25.3 Å². The number of carbonyl (C=O) groups excluding carboxylic acids is 1. The van der Waals surface area contributed by atoms with Gasteiger partial charge in [-0.25, -0.2) is 9.82 Å². The van der Waals surface area contributed by atoms with E-state index in [-0.39, 0.29) is 18.3 Å². The Bertz CT molecular complexity index is 654. The third-order valence-electron chi connectivity index (χ3n) is 3.09. The molecule has 0 spiro atoms. The molecule has 0 aliphatic rings. The first-order valence-corrected chi connectivity index (χ1v) is 7.48. The molecule has 0 aliphatic carbocycles. The molecule has 0 heterocycles. The van der Waals surface area contributed by atoms with Crippen molar-refractivity contribution in [2.75, 3.05) is 6.61 Å². The Morgan fingerprint density at radius 3 is 2.48 bits per heavy atom. The number of benzene rings is 2. The first kappa shape index (κ1) is 16.7. The molecule has 0 fully saturated rings. The second kappa shape index (κ2) is 8.68. The van der Waals surface area contributed by atoms with Crippen molar-refractivity contribution in [2.24, 2.45) is 5.10 Å². The van der Waals surface area contributed by atoms with Crippen molar-refractivity contribution in [1.82, 2.24) is 5.43 Å². The van der Waals surface area contributed by atoms with Gasteiger partial charge in [-0.1, -0.05) is 43.7 Å². The molecular weight excluding hydrogens is 295 g/mol. The van der Waals surface area contributed by atoms with E-state index in [1.807, 2.05) is 30.3 Å². The zero-order valence-corrected chi connectivity index (χ0v) is 13.0. The van der Waals surface area contributed by atoms with Gasteiger partial charge in [-0.2, -0.15) is 5.10 Å². The lowest BCUT2D eigenvalue weighted by Crippen LogP contribution is -2.26. The molecule has 23 heavy (non-hydrogen) atoms. The summed E-state index contributed by atoms with van der Waals surface area (Å²) in [6.45, 7) is 1.88. The maximum Gasteiger partial charge on any atom is 0.277 e. The van der Waals surface area contributed by atoms with Gasteiger partial charge in [0, 0.05) is 0 Å². The number of amides is 1. The number of hydrogen-bond donors (Lipinski definition) is 1. The van der Waals surface area contributed by atoms with E-state index in [2.05, 4.69) is 17.5 Å². The third-order valence-corrected chi connectivity index (χ3v) is 3.09. The van der Waals surface area contributed by atoms with Gasteiger partial charge in [-0.05, 0) is 36.2 Å². The predicted molar refractivity (Wildman–Crippen MR) is 87.9 cm³/mol. The highest BCUT2D eigenvalue weighted by Gasteiger charge is 2.05. The molecule has 0 radical (unpaired) electrons. The molecule has 2 rings (SSSR count). The Hall–Kier alpha value is -2.69. The van der Waals surface area contributed by atoms with Crippen LogP contribution < -0.4 is 10.2 Å². The molecule has 0 atom stereocenters. The van der Waals surface area contributed by atoms with Crippen LogP contribution in [0.25, 0.3) is 0 Å². The molecule has 1 N–H and O–H groups in total. The maximum atomic E-state index is 12.8. The summed E-state index contributed by atoms with van der Waals surface area (Å²) in [5, 5.41) is 4.19. The molecule has 0 aliphatic heterocycles. The van der Waals surface area contributed by atoms with Gasteiger partial charge in [0.2, 0.25) is 0 Å². The van der Waals surface area contributed by atoms with Crippen molar-refractivity contribution in [3.63, 3.8) is 0 Å². The number of nitrogens with one attached hydrogen (secondary N) is 1. The van der Waals surface area contributed by atoms with Gasteiger partial charge in [0.05, 0.1) is 5.71 Å². The van der Waals surface area contributed by atoms with Crippen LogP contribution in [0.5, 0.6) is 5.75 Å². The van der Waals surface area contributed by atoms with Crippen molar-refractivity contribution >= 4 is 11.6 Å². The molecule has 0 saturated heterocycles. The second-order valence-corrected chi connectivity index (χ2v) is 4.95. The van der Waals surface area contributed by atoms with E-state index in [9.17, 15) is 9.18 Å². The van der Waals surface area contributed by atoms with E-state index in [0.29, 0.717) is 5.75 Å². The smallest absolute Gasteiger partial charge is 0.277 e. The normalized spacial score (nSPS) is 11.1. The molecule has 0 aromatic heterocycles. The summed E-state index contributed by atoms with van der Waals surface area (Å²) >= 11 is 0. The van der Waals surface area contributed by atoms with E-state index in [4.69, 9.17) is 4.74 Å². The summed E-state index contributed by atoms with van der Waals surface area (Å²) in [5.41, 5.74) is 4.30. The van der Waals surface area contributed by atoms with Crippen molar-refractivity contribution in [3.8, 4) is 5.75 Å². The van der Waals surface area contributed by atoms with Crippen LogP contribution in [0.15, 0.2) is 59.7 Å². The van der Waals surface area contributed by atoms with Crippen LogP contribution in [0.2, 0.25) is 0 Å². The maximum absolute atomic E-state index is 12.8. The van der Waals surface area contributed by atoms with Gasteiger partial charge < -0.3 is 4.74 Å². The fourth-order valence-electron chi connectivity index (χ4n) is 1.97. The third kappa shape index (κ3) is 5.54. The van der Waals surface area contributed by atoms with Gasteiger partial charge in [-0.15, -0.1) is 0 Å². The summed E-state index contributed by atoms with van der Waals surface area (Å²) in [5.74, 6) is -0.278. The Balaban J connectivity index is 1.91. The summed E-state index contributed by atoms with van der Waals surface area (Å²) < 4.78 is 18.0. The van der Waals surface area contributed by atoms with Crippen LogP contribution in [-0.2, 0) is 4.79 Å². The van der Waals surface area contributed by atoms with Crippen LogP contribution in [0, 0.1) is 5.82 Å². The van der Waals surface area contributed by atoms with Crippen LogP contribution in [0.4, 0.5) is 4.39 Å². The average Bonchev–Trinajstić information content (AvgIpc) is 2.59. The molecule has 5 heteroatoms. The fourth-order valence-corrected chi connectivity index (χ4v) is 1.97. The number of hydrogen-bond acceptors (Lipinski definition) is 3. The number of hydrazone groups is 1. The van der Waals surface area contributed by atoms with Crippen molar-refractivity contribution < 1.29 is 13.9 Å². The lowest BCUT2D eigenvalue weighted by Gasteiger charge is -2.07. The van der Waals surface area contributed by atoms with E-state index < -0.39 is 0 Å². The van der Waals surface area contributed by atoms with Crippen LogP contribution in [-0.4, -0.2) is 18.2 Å². The fraction of sp³-hybridized carbons (Fsp3) is 0.222. The highest BCUT2D eigenvalue weighted by Crippen LogP contribution is 2.10.